The monoisotopic (exact) mass is 379 g/mol. The summed E-state index contributed by atoms with van der Waals surface area (Å²) in [5, 5.41) is 1.04. The first-order chi connectivity index (χ1) is 12.8. The molecular weight excluding hydrogens is 358 g/mol. The van der Waals surface area contributed by atoms with E-state index in [2.05, 4.69) is 30.7 Å². The number of benzene rings is 1. The predicted octanol–water partition coefficient (Wildman–Crippen LogP) is 4.44. The Kier molecular flexibility index (Phi) is 5.19. The van der Waals surface area contributed by atoms with Crippen LogP contribution in [0.25, 0.3) is 10.1 Å². The smallest absolute Gasteiger partial charge is 0.286 e. The van der Waals surface area contributed by atoms with E-state index < -0.39 is 5.91 Å². The summed E-state index contributed by atoms with van der Waals surface area (Å²) in [6.07, 6.45) is 3.11. The van der Waals surface area contributed by atoms with Crippen molar-refractivity contribution in [2.75, 3.05) is 0 Å². The molecule has 138 valence electrons. The number of hydrogen-bond donors (Lipinski definition) is 1. The van der Waals surface area contributed by atoms with Crippen LogP contribution in [0.4, 0.5) is 0 Å². The Morgan fingerprint density at radius 2 is 1.93 bits per heavy atom. The van der Waals surface area contributed by atoms with Gasteiger partial charge in [0, 0.05) is 28.7 Å². The first kappa shape index (κ1) is 18.9. The molecule has 3 aromatic rings. The molecule has 2 N–H and O–H groups in total. The zero-order valence-corrected chi connectivity index (χ0v) is 16.3. The Bertz CT molecular complexity index is 981. The highest BCUT2D eigenvalue weighted by atomic mass is 32.1. The maximum Gasteiger partial charge on any atom is 0.286 e. The quantitative estimate of drug-likeness (QED) is 0.680. The molecule has 1 atom stereocenters. The van der Waals surface area contributed by atoms with Crippen molar-refractivity contribution in [2.45, 2.75) is 26.7 Å². The van der Waals surface area contributed by atoms with Crippen molar-refractivity contribution in [3.8, 4) is 0 Å². The molecule has 27 heavy (non-hydrogen) atoms. The second kappa shape index (κ2) is 7.40. The molecule has 2 heterocycles. The van der Waals surface area contributed by atoms with Gasteiger partial charge in [0.25, 0.3) is 5.91 Å². The number of hydrogen-bond acceptors (Lipinski definition) is 4. The van der Waals surface area contributed by atoms with Gasteiger partial charge in [-0.05, 0) is 35.1 Å². The normalized spacial score (nSPS) is 13.1. The summed E-state index contributed by atoms with van der Waals surface area (Å²) in [4.78, 5) is 33.0. The van der Waals surface area contributed by atoms with Gasteiger partial charge in [-0.3, -0.25) is 14.6 Å². The van der Waals surface area contributed by atoms with Crippen molar-refractivity contribution in [1.82, 2.24) is 4.98 Å². The molecule has 0 aliphatic carbocycles. The number of nitrogens with two attached hydrogens (primary N) is 1. The van der Waals surface area contributed by atoms with E-state index >= 15 is 0 Å². The molecule has 0 bridgehead atoms. The second-order valence-corrected chi connectivity index (χ2v) is 8.50. The fourth-order valence-electron chi connectivity index (χ4n) is 2.77. The van der Waals surface area contributed by atoms with Gasteiger partial charge < -0.3 is 5.73 Å². The average molecular weight is 379 g/mol. The Labute approximate surface area is 162 Å². The molecule has 2 amide bonds. The van der Waals surface area contributed by atoms with Crippen LogP contribution in [0.15, 0.2) is 53.7 Å². The number of amides is 2. The van der Waals surface area contributed by atoms with Crippen molar-refractivity contribution >= 4 is 39.5 Å². The van der Waals surface area contributed by atoms with Crippen LogP contribution < -0.4 is 5.73 Å². The molecule has 0 spiro atoms. The van der Waals surface area contributed by atoms with Crippen molar-refractivity contribution in [3.63, 3.8) is 0 Å². The van der Waals surface area contributed by atoms with E-state index in [-0.39, 0.29) is 17.2 Å². The minimum atomic E-state index is -0.519. The Morgan fingerprint density at radius 1 is 1.19 bits per heavy atom. The summed E-state index contributed by atoms with van der Waals surface area (Å²) in [5.41, 5.74) is 6.16. The van der Waals surface area contributed by atoms with Gasteiger partial charge in [0.1, 0.15) is 0 Å². The van der Waals surface area contributed by atoms with Gasteiger partial charge in [-0.15, -0.1) is 11.3 Å². The zero-order chi connectivity index (χ0) is 19.6. The Hall–Kier alpha value is -2.86. The molecule has 3 rings (SSSR count). The lowest BCUT2D eigenvalue weighted by Gasteiger charge is -2.26. The molecule has 0 aliphatic rings. The SMILES string of the molecule is CC(C)(C)C(C=NC(=O)c1cc2ccccc2s1)c1ccc(C(N)=O)cn1. The van der Waals surface area contributed by atoms with Gasteiger partial charge in [-0.25, -0.2) is 4.99 Å². The molecule has 2 aromatic heterocycles. The lowest BCUT2D eigenvalue weighted by molar-refractivity contribution is 0.0994. The van der Waals surface area contributed by atoms with Crippen molar-refractivity contribution in [1.29, 1.82) is 0 Å². The number of rotatable bonds is 4. The Balaban J connectivity index is 1.87. The number of carbonyl (C=O) groups excluding carboxylic acids is 2. The summed E-state index contributed by atoms with van der Waals surface area (Å²) < 4.78 is 1.06. The maximum atomic E-state index is 12.6. The number of nitrogens with zero attached hydrogens (tertiary/aromatic N) is 2. The summed E-state index contributed by atoms with van der Waals surface area (Å²) in [6, 6.07) is 13.1. The lowest BCUT2D eigenvalue weighted by atomic mass is 9.79. The average Bonchev–Trinajstić information content (AvgIpc) is 3.05. The van der Waals surface area contributed by atoms with Crippen LogP contribution in [0, 0.1) is 5.41 Å². The number of carbonyl (C=O) groups is 2. The molecule has 0 radical (unpaired) electrons. The molecule has 0 saturated carbocycles. The molecule has 5 nitrogen and oxygen atoms in total. The molecule has 0 fully saturated rings. The first-order valence-electron chi connectivity index (χ1n) is 8.58. The van der Waals surface area contributed by atoms with E-state index in [9.17, 15) is 9.59 Å². The van der Waals surface area contributed by atoms with Crippen LogP contribution in [0.1, 0.15) is 52.4 Å². The van der Waals surface area contributed by atoms with E-state index in [1.54, 1.807) is 18.3 Å². The van der Waals surface area contributed by atoms with Gasteiger partial charge in [0.2, 0.25) is 5.91 Å². The summed E-state index contributed by atoms with van der Waals surface area (Å²) in [7, 11) is 0. The first-order valence-corrected chi connectivity index (χ1v) is 9.40. The van der Waals surface area contributed by atoms with Crippen molar-refractivity contribution < 1.29 is 9.59 Å². The fraction of sp³-hybridized carbons (Fsp3) is 0.238. The minimum absolute atomic E-state index is 0.183. The largest absolute Gasteiger partial charge is 0.366 e. The van der Waals surface area contributed by atoms with Crippen LogP contribution in [-0.2, 0) is 0 Å². The highest BCUT2D eigenvalue weighted by Gasteiger charge is 2.26. The maximum absolute atomic E-state index is 12.6. The topological polar surface area (TPSA) is 85.4 Å². The standard InChI is InChI=1S/C21H21N3O2S/c1-21(2,3)15(16-9-8-14(11-23-16)19(22)25)12-24-20(26)18-10-13-6-4-5-7-17(13)27-18/h4-12,15H,1-3H3,(H2,22,25). The third-order valence-electron chi connectivity index (χ3n) is 4.30. The van der Waals surface area contributed by atoms with Crippen LogP contribution in [0.2, 0.25) is 0 Å². The van der Waals surface area contributed by atoms with E-state index in [4.69, 9.17) is 5.73 Å². The number of thiophene rings is 1. The predicted molar refractivity (Wildman–Crippen MR) is 110 cm³/mol. The lowest BCUT2D eigenvalue weighted by Crippen LogP contribution is -2.22. The third kappa shape index (κ3) is 4.28. The Morgan fingerprint density at radius 3 is 2.52 bits per heavy atom. The van der Waals surface area contributed by atoms with Crippen LogP contribution in [-0.4, -0.2) is 23.0 Å². The van der Waals surface area contributed by atoms with Gasteiger partial charge in [-0.2, -0.15) is 0 Å². The van der Waals surface area contributed by atoms with Gasteiger partial charge in [0.05, 0.1) is 10.4 Å². The van der Waals surface area contributed by atoms with Crippen molar-refractivity contribution in [2.24, 2.45) is 16.1 Å². The van der Waals surface area contributed by atoms with Crippen LogP contribution in [0.3, 0.4) is 0 Å². The number of primary amides is 1. The highest BCUT2D eigenvalue weighted by Crippen LogP contribution is 2.33. The zero-order valence-electron chi connectivity index (χ0n) is 15.5. The van der Waals surface area contributed by atoms with Gasteiger partial charge >= 0.3 is 0 Å². The van der Waals surface area contributed by atoms with Gasteiger partial charge in [0.15, 0.2) is 0 Å². The highest BCUT2D eigenvalue weighted by molar-refractivity contribution is 7.20. The molecule has 1 unspecified atom stereocenters. The fourth-order valence-corrected chi connectivity index (χ4v) is 3.73. The van der Waals surface area contributed by atoms with Gasteiger partial charge in [-0.1, -0.05) is 39.0 Å². The third-order valence-corrected chi connectivity index (χ3v) is 5.40. The number of fused-ring (bicyclic) bond motifs is 1. The molecule has 0 saturated heterocycles. The molecule has 0 aliphatic heterocycles. The minimum Gasteiger partial charge on any atom is -0.366 e. The van der Waals surface area contributed by atoms with E-state index in [1.807, 2.05) is 30.3 Å². The summed E-state index contributed by atoms with van der Waals surface area (Å²) >= 11 is 1.44. The summed E-state index contributed by atoms with van der Waals surface area (Å²) in [5.74, 6) is -0.966. The molecular formula is C21H21N3O2S. The molecule has 6 heteroatoms. The van der Waals surface area contributed by atoms with E-state index in [0.29, 0.717) is 10.4 Å². The number of aromatic nitrogens is 1. The summed E-state index contributed by atoms with van der Waals surface area (Å²) in [6.45, 7) is 6.16. The number of aliphatic imine (C=N–C) groups is 1. The van der Waals surface area contributed by atoms with Crippen LogP contribution >= 0.6 is 11.3 Å². The van der Waals surface area contributed by atoms with E-state index in [1.165, 1.54) is 17.5 Å². The number of pyridine rings is 1. The second-order valence-electron chi connectivity index (χ2n) is 7.41. The van der Waals surface area contributed by atoms with Crippen LogP contribution in [0.5, 0.6) is 0 Å². The molecule has 1 aromatic carbocycles. The van der Waals surface area contributed by atoms with Crippen molar-refractivity contribution in [3.05, 3.63) is 64.8 Å². The van der Waals surface area contributed by atoms with E-state index in [0.717, 1.165) is 15.8 Å².